The Kier molecular flexibility index (Phi) is 13.1. The number of methoxy groups -OCH3 is 2. The minimum atomic E-state index is -4.98. The number of hydrogen-bond donors (Lipinski definition) is 2. The molecule has 2 aromatic carbocycles. The van der Waals surface area contributed by atoms with Gasteiger partial charge in [0.25, 0.3) is 11.5 Å². The van der Waals surface area contributed by atoms with Crippen molar-refractivity contribution in [1.82, 2.24) is 19.4 Å². The van der Waals surface area contributed by atoms with Gasteiger partial charge in [0.15, 0.2) is 23.9 Å². The molecule has 15 nitrogen and oxygen atoms in total. The molecule has 1 aliphatic rings. The normalized spacial score (nSPS) is 15.1. The standard InChI is InChI=1S/C21H15ClF4N2O6.C15H19N3O4/c1-27-17(21(24,25)26)9-18(29)28(20(27)31)13-8-16(11(22)7-12(13)23)34-15-6-4-3-5-14(15)33-10-19(30)32-2;1-8(2)15(3)14(21)17-12(18-15)11-10(13(19)20)5-9(6-16-11)7-22-4/h3-9H,10H2,1-2H3;5-6,8H,7H2,1-4H3,(H,19,20)(H,17,18,21). The maximum Gasteiger partial charge on any atom is 0.431 e. The van der Waals surface area contributed by atoms with Crippen LogP contribution in [0.5, 0.6) is 17.2 Å². The molecule has 0 bridgehead atoms. The number of nitrogens with zero attached hydrogens (tertiary/aromatic N) is 4. The lowest BCUT2D eigenvalue weighted by Gasteiger charge is -2.21. The number of carbonyl (C=O) groups is 3. The molecule has 1 unspecified atom stereocenters. The van der Waals surface area contributed by atoms with Crippen molar-refractivity contribution in [1.29, 1.82) is 0 Å². The SMILES string of the molecule is COC(=O)COc1ccccc1Oc1cc(-n2c(=O)cc(C(F)(F)F)n(C)c2=O)c(F)cc1Cl.COCc1cnc(C2=NC(C)(C(C)C)C(=O)N2)c(C(=O)O)c1. The van der Waals surface area contributed by atoms with Crippen molar-refractivity contribution in [3.63, 3.8) is 0 Å². The molecular weight excluding hydrogens is 774 g/mol. The number of aromatic nitrogens is 3. The Morgan fingerprint density at radius 2 is 1.70 bits per heavy atom. The van der Waals surface area contributed by atoms with Gasteiger partial charge >= 0.3 is 23.8 Å². The van der Waals surface area contributed by atoms with E-state index in [4.69, 9.17) is 25.8 Å². The maximum atomic E-state index is 14.7. The molecule has 56 heavy (non-hydrogen) atoms. The van der Waals surface area contributed by atoms with Gasteiger partial charge in [0, 0.05) is 32.5 Å². The molecule has 2 aromatic heterocycles. The van der Waals surface area contributed by atoms with E-state index in [1.54, 1.807) is 19.1 Å². The van der Waals surface area contributed by atoms with Crippen LogP contribution in [0.3, 0.4) is 0 Å². The molecule has 0 saturated heterocycles. The number of halogens is 5. The van der Waals surface area contributed by atoms with Gasteiger partial charge in [-0.3, -0.25) is 19.1 Å². The predicted octanol–water partition coefficient (Wildman–Crippen LogP) is 4.91. The number of esters is 1. The summed E-state index contributed by atoms with van der Waals surface area (Å²) in [6.07, 6.45) is -3.46. The third kappa shape index (κ3) is 9.23. The van der Waals surface area contributed by atoms with E-state index in [1.807, 2.05) is 13.8 Å². The van der Waals surface area contributed by atoms with Gasteiger partial charge in [-0.05, 0) is 42.7 Å². The smallest absolute Gasteiger partial charge is 0.431 e. The molecule has 20 heteroatoms. The van der Waals surface area contributed by atoms with Crippen molar-refractivity contribution in [2.45, 2.75) is 39.1 Å². The van der Waals surface area contributed by atoms with Gasteiger partial charge in [-0.2, -0.15) is 13.2 Å². The highest BCUT2D eigenvalue weighted by Crippen LogP contribution is 2.37. The van der Waals surface area contributed by atoms with Crippen LogP contribution >= 0.6 is 11.6 Å². The molecule has 5 rings (SSSR count). The van der Waals surface area contributed by atoms with Crippen molar-refractivity contribution in [3.05, 3.63) is 109 Å². The summed E-state index contributed by atoms with van der Waals surface area (Å²) in [5, 5.41) is 11.7. The molecule has 1 atom stereocenters. The van der Waals surface area contributed by atoms with Crippen LogP contribution in [-0.4, -0.2) is 69.3 Å². The number of amidine groups is 1. The molecule has 0 spiro atoms. The van der Waals surface area contributed by atoms with E-state index >= 15 is 0 Å². The van der Waals surface area contributed by atoms with Crippen LogP contribution in [0.1, 0.15) is 48.1 Å². The van der Waals surface area contributed by atoms with Crippen molar-refractivity contribution >= 4 is 35.3 Å². The Labute approximate surface area is 320 Å². The fourth-order valence-corrected chi connectivity index (χ4v) is 5.20. The number of aromatic carboxylic acids is 1. The monoisotopic (exact) mass is 807 g/mol. The Bertz CT molecular complexity index is 2330. The summed E-state index contributed by atoms with van der Waals surface area (Å²) >= 11 is 6.04. The van der Waals surface area contributed by atoms with Gasteiger partial charge < -0.3 is 29.4 Å². The fraction of sp³-hybridized carbons (Fsp3) is 0.306. The van der Waals surface area contributed by atoms with Gasteiger partial charge in [-0.25, -0.2) is 28.3 Å². The first kappa shape index (κ1) is 42.7. The van der Waals surface area contributed by atoms with Crippen LogP contribution in [0.4, 0.5) is 17.6 Å². The van der Waals surface area contributed by atoms with E-state index in [0.717, 1.165) is 19.2 Å². The summed E-state index contributed by atoms with van der Waals surface area (Å²) in [5.74, 6) is -3.18. The lowest BCUT2D eigenvalue weighted by atomic mass is 9.89. The predicted molar refractivity (Wildman–Crippen MR) is 191 cm³/mol. The maximum absolute atomic E-state index is 14.7. The van der Waals surface area contributed by atoms with Crippen LogP contribution in [-0.2, 0) is 38.9 Å². The number of carbonyl (C=O) groups excluding carboxylic acids is 2. The molecular formula is C36H34ClF4N5O10. The molecule has 0 aliphatic carbocycles. The zero-order chi connectivity index (χ0) is 41.7. The van der Waals surface area contributed by atoms with Gasteiger partial charge in [0.2, 0.25) is 0 Å². The minimum Gasteiger partial charge on any atom is -0.478 e. The Balaban J connectivity index is 0.000000273. The number of benzene rings is 2. The lowest BCUT2D eigenvalue weighted by Crippen LogP contribution is -2.41. The summed E-state index contributed by atoms with van der Waals surface area (Å²) in [5.41, 5.74) is -5.17. The van der Waals surface area contributed by atoms with Crippen LogP contribution in [0, 0.1) is 11.7 Å². The number of ether oxygens (including phenoxy) is 4. The topological polar surface area (TPSA) is 190 Å². The number of pyridine rings is 1. The number of hydrogen-bond acceptors (Lipinski definition) is 11. The summed E-state index contributed by atoms with van der Waals surface area (Å²) < 4.78 is 74.7. The summed E-state index contributed by atoms with van der Waals surface area (Å²) in [4.78, 5) is 68.4. The van der Waals surface area contributed by atoms with Crippen LogP contribution in [0.15, 0.2) is 69.3 Å². The highest BCUT2D eigenvalue weighted by atomic mass is 35.5. The highest BCUT2D eigenvalue weighted by Gasteiger charge is 2.43. The highest BCUT2D eigenvalue weighted by molar-refractivity contribution is 6.32. The summed E-state index contributed by atoms with van der Waals surface area (Å²) in [6.45, 7) is 5.31. The minimum absolute atomic E-state index is 0.0124. The number of alkyl halides is 3. The number of amides is 1. The molecule has 0 saturated carbocycles. The molecule has 0 radical (unpaired) electrons. The lowest BCUT2D eigenvalue weighted by molar-refractivity contribution is -0.144. The van der Waals surface area contributed by atoms with Gasteiger partial charge in [-0.1, -0.05) is 37.6 Å². The molecule has 4 aromatic rings. The van der Waals surface area contributed by atoms with Gasteiger partial charge in [-0.15, -0.1) is 0 Å². The quantitative estimate of drug-likeness (QED) is 0.155. The summed E-state index contributed by atoms with van der Waals surface area (Å²) in [7, 11) is 3.48. The second-order valence-corrected chi connectivity index (χ2v) is 12.8. The van der Waals surface area contributed by atoms with E-state index in [-0.39, 0.29) is 73.0 Å². The van der Waals surface area contributed by atoms with E-state index in [2.05, 4.69) is 20.0 Å². The average Bonchev–Trinajstić information content (AvgIpc) is 3.45. The molecule has 1 aliphatic heterocycles. The first-order valence-corrected chi connectivity index (χ1v) is 16.6. The Morgan fingerprint density at radius 3 is 2.27 bits per heavy atom. The van der Waals surface area contributed by atoms with Crippen LogP contribution in [0.25, 0.3) is 5.69 Å². The Morgan fingerprint density at radius 1 is 1.04 bits per heavy atom. The van der Waals surface area contributed by atoms with Crippen molar-refractivity contribution < 1.29 is 56.0 Å². The molecule has 3 heterocycles. The van der Waals surface area contributed by atoms with Crippen molar-refractivity contribution in [2.24, 2.45) is 18.0 Å². The van der Waals surface area contributed by atoms with E-state index in [9.17, 15) is 46.6 Å². The van der Waals surface area contributed by atoms with Gasteiger partial charge in [0.1, 0.15) is 28.5 Å². The number of nitrogens with one attached hydrogen (secondary N) is 1. The Hall–Kier alpha value is -6.08. The van der Waals surface area contributed by atoms with E-state index in [1.165, 1.54) is 38.6 Å². The largest absolute Gasteiger partial charge is 0.478 e. The number of para-hydroxylation sites is 2. The molecule has 1 amide bonds. The second-order valence-electron chi connectivity index (χ2n) is 12.4. The van der Waals surface area contributed by atoms with Crippen molar-refractivity contribution in [3.8, 4) is 22.9 Å². The first-order valence-electron chi connectivity index (χ1n) is 16.2. The number of aliphatic imine (C=N–C) groups is 1. The molecule has 2 N–H and O–H groups in total. The molecule has 298 valence electrons. The van der Waals surface area contributed by atoms with Crippen molar-refractivity contribution in [2.75, 3.05) is 20.8 Å². The average molecular weight is 808 g/mol. The molecule has 0 fully saturated rings. The van der Waals surface area contributed by atoms with Gasteiger partial charge in [0.05, 0.1) is 30.0 Å². The third-order valence-corrected chi connectivity index (χ3v) is 8.66. The number of rotatable bonds is 11. The first-order chi connectivity index (χ1) is 26.2. The number of carboxylic acids is 1. The summed E-state index contributed by atoms with van der Waals surface area (Å²) in [6, 6.07) is 9.26. The van der Waals surface area contributed by atoms with E-state index in [0.29, 0.717) is 5.56 Å². The van der Waals surface area contributed by atoms with E-state index < -0.39 is 58.7 Å². The zero-order valence-electron chi connectivity index (χ0n) is 30.5. The zero-order valence-corrected chi connectivity index (χ0v) is 31.2. The van der Waals surface area contributed by atoms with Crippen LogP contribution in [0.2, 0.25) is 5.02 Å². The third-order valence-electron chi connectivity index (χ3n) is 8.37. The van der Waals surface area contributed by atoms with Crippen LogP contribution < -0.4 is 26.0 Å². The number of carboxylic acid groups (broad SMARTS) is 1. The fourth-order valence-electron chi connectivity index (χ4n) is 5.01. The second kappa shape index (κ2) is 17.2.